The van der Waals surface area contributed by atoms with Crippen LogP contribution >= 0.6 is 15.9 Å². The molecule has 2 aromatic carbocycles. The predicted molar refractivity (Wildman–Crippen MR) is 98.2 cm³/mol. The van der Waals surface area contributed by atoms with Crippen LogP contribution in [0.5, 0.6) is 5.75 Å². The van der Waals surface area contributed by atoms with Crippen LogP contribution in [-0.4, -0.2) is 43.1 Å². The van der Waals surface area contributed by atoms with Crippen molar-refractivity contribution in [2.75, 3.05) is 26.2 Å². The lowest BCUT2D eigenvalue weighted by molar-refractivity contribution is -0.136. The Morgan fingerprint density at radius 2 is 1.92 bits per heavy atom. The number of piperazine rings is 1. The zero-order valence-corrected chi connectivity index (χ0v) is 15.0. The summed E-state index contributed by atoms with van der Waals surface area (Å²) < 4.78 is 6.55. The summed E-state index contributed by atoms with van der Waals surface area (Å²) in [7, 11) is 0. The van der Waals surface area contributed by atoms with E-state index in [-0.39, 0.29) is 18.6 Å². The van der Waals surface area contributed by atoms with Gasteiger partial charge in [0.2, 0.25) is 0 Å². The summed E-state index contributed by atoms with van der Waals surface area (Å²) in [5.41, 5.74) is 1.25. The Balaban J connectivity index is 1.62. The number of hydrogen-bond donors (Lipinski definition) is 1. The fourth-order valence-electron chi connectivity index (χ4n) is 2.94. The molecule has 1 saturated heterocycles. The second-order valence-corrected chi connectivity index (χ2v) is 6.71. The number of nitrogens with one attached hydrogen (secondary N) is 1. The van der Waals surface area contributed by atoms with E-state index in [0.29, 0.717) is 5.75 Å². The van der Waals surface area contributed by atoms with Crippen LogP contribution in [0.2, 0.25) is 0 Å². The van der Waals surface area contributed by atoms with Gasteiger partial charge in [-0.3, -0.25) is 4.79 Å². The van der Waals surface area contributed by atoms with Gasteiger partial charge in [-0.05, 0) is 40.0 Å². The lowest BCUT2D eigenvalue weighted by atomic mass is 10.0. The number of para-hydroxylation sites is 1. The van der Waals surface area contributed by atoms with Gasteiger partial charge in [-0.2, -0.15) is 0 Å². The average Bonchev–Trinajstić information content (AvgIpc) is 2.62. The fraction of sp³-hybridized carbons (Fsp3) is 0.316. The zero-order valence-electron chi connectivity index (χ0n) is 13.5. The van der Waals surface area contributed by atoms with Gasteiger partial charge >= 0.3 is 0 Å². The normalized spacial score (nSPS) is 17.5. The maximum atomic E-state index is 12.6. The molecule has 24 heavy (non-hydrogen) atoms. The van der Waals surface area contributed by atoms with Crippen LogP contribution < -0.4 is 10.1 Å². The van der Waals surface area contributed by atoms with Crippen molar-refractivity contribution in [2.45, 2.75) is 12.5 Å². The Morgan fingerprint density at radius 1 is 1.17 bits per heavy atom. The molecule has 0 bridgehead atoms. The van der Waals surface area contributed by atoms with Crippen LogP contribution in [0.4, 0.5) is 0 Å². The van der Waals surface area contributed by atoms with Gasteiger partial charge < -0.3 is 15.0 Å². The molecule has 0 aliphatic carbocycles. The summed E-state index contributed by atoms with van der Waals surface area (Å²) in [6, 6.07) is 18.0. The Hall–Kier alpha value is -1.85. The second kappa shape index (κ2) is 8.31. The molecule has 3 rings (SSSR count). The highest BCUT2D eigenvalue weighted by atomic mass is 79.9. The number of hydrogen-bond acceptors (Lipinski definition) is 3. The molecule has 126 valence electrons. The number of halogens is 1. The number of carbonyl (C=O) groups excluding carboxylic acids is 1. The van der Waals surface area contributed by atoms with E-state index in [1.807, 2.05) is 47.4 Å². The average molecular weight is 389 g/mol. The van der Waals surface area contributed by atoms with E-state index in [9.17, 15) is 4.79 Å². The smallest absolute Gasteiger partial charge is 0.260 e. The number of carbonyl (C=O) groups is 1. The van der Waals surface area contributed by atoms with E-state index in [1.165, 1.54) is 5.56 Å². The first-order valence-electron chi connectivity index (χ1n) is 8.15. The molecule has 5 heteroatoms. The molecule has 1 fully saturated rings. The molecule has 2 aromatic rings. The molecule has 1 N–H and O–H groups in total. The fourth-order valence-corrected chi connectivity index (χ4v) is 3.34. The maximum Gasteiger partial charge on any atom is 0.260 e. The number of benzene rings is 2. The number of ether oxygens (including phenoxy) is 1. The molecule has 0 radical (unpaired) electrons. The molecular weight excluding hydrogens is 368 g/mol. The quantitative estimate of drug-likeness (QED) is 0.855. The van der Waals surface area contributed by atoms with E-state index in [2.05, 4.69) is 33.4 Å². The van der Waals surface area contributed by atoms with Crippen molar-refractivity contribution >= 4 is 21.8 Å². The molecule has 1 heterocycles. The molecule has 1 amide bonds. The molecule has 0 saturated carbocycles. The number of amides is 1. The Morgan fingerprint density at radius 3 is 2.71 bits per heavy atom. The summed E-state index contributed by atoms with van der Waals surface area (Å²) in [5, 5.41) is 3.38. The monoisotopic (exact) mass is 388 g/mol. The molecule has 1 atom stereocenters. The topological polar surface area (TPSA) is 41.6 Å². The second-order valence-electron chi connectivity index (χ2n) is 5.85. The largest absolute Gasteiger partial charge is 0.483 e. The van der Waals surface area contributed by atoms with Gasteiger partial charge in [0.1, 0.15) is 5.75 Å². The van der Waals surface area contributed by atoms with Crippen molar-refractivity contribution < 1.29 is 9.53 Å². The molecule has 4 nitrogen and oxygen atoms in total. The van der Waals surface area contributed by atoms with Crippen LogP contribution in [0, 0.1) is 0 Å². The number of nitrogens with zero attached hydrogens (tertiary/aromatic N) is 1. The molecular formula is C19H21BrN2O2. The summed E-state index contributed by atoms with van der Waals surface area (Å²) >= 11 is 3.44. The first-order valence-corrected chi connectivity index (χ1v) is 8.95. The van der Waals surface area contributed by atoms with Gasteiger partial charge in [0.05, 0.1) is 4.47 Å². The highest BCUT2D eigenvalue weighted by Gasteiger charge is 2.27. The zero-order chi connectivity index (χ0) is 16.8. The third kappa shape index (κ3) is 4.36. The highest BCUT2D eigenvalue weighted by Crippen LogP contribution is 2.24. The van der Waals surface area contributed by atoms with Crippen LogP contribution in [-0.2, 0) is 11.2 Å². The van der Waals surface area contributed by atoms with Crippen molar-refractivity contribution in [3.63, 3.8) is 0 Å². The third-order valence-electron chi connectivity index (χ3n) is 4.17. The van der Waals surface area contributed by atoms with Crippen LogP contribution in [0.15, 0.2) is 59.1 Å². The maximum absolute atomic E-state index is 12.6. The number of rotatable bonds is 5. The van der Waals surface area contributed by atoms with Crippen LogP contribution in [0.3, 0.4) is 0 Å². The van der Waals surface area contributed by atoms with E-state index < -0.39 is 0 Å². The molecule has 1 aliphatic heterocycles. The minimum atomic E-state index is 0.0354. The summed E-state index contributed by atoms with van der Waals surface area (Å²) in [6.07, 6.45) is 0.856. The Kier molecular flexibility index (Phi) is 5.88. The molecule has 0 unspecified atom stereocenters. The van der Waals surface area contributed by atoms with Crippen molar-refractivity contribution in [3.8, 4) is 5.75 Å². The lowest BCUT2D eigenvalue weighted by Crippen LogP contribution is -2.55. The van der Waals surface area contributed by atoms with Crippen molar-refractivity contribution in [1.29, 1.82) is 0 Å². The van der Waals surface area contributed by atoms with Crippen molar-refractivity contribution in [1.82, 2.24) is 10.2 Å². The summed E-state index contributed by atoms with van der Waals surface area (Å²) in [4.78, 5) is 14.6. The highest BCUT2D eigenvalue weighted by molar-refractivity contribution is 9.10. The predicted octanol–water partition coefficient (Wildman–Crippen LogP) is 2.87. The van der Waals surface area contributed by atoms with Crippen LogP contribution in [0.25, 0.3) is 0 Å². The van der Waals surface area contributed by atoms with Gasteiger partial charge in [-0.25, -0.2) is 0 Å². The minimum absolute atomic E-state index is 0.0354. The van der Waals surface area contributed by atoms with Gasteiger partial charge in [0.15, 0.2) is 6.61 Å². The first-order chi connectivity index (χ1) is 11.7. The summed E-state index contributed by atoms with van der Waals surface area (Å²) in [6.45, 7) is 2.42. The van der Waals surface area contributed by atoms with Crippen LogP contribution in [0.1, 0.15) is 5.56 Å². The van der Waals surface area contributed by atoms with Gasteiger partial charge in [-0.1, -0.05) is 42.5 Å². The van der Waals surface area contributed by atoms with E-state index in [4.69, 9.17) is 4.74 Å². The molecule has 0 spiro atoms. The minimum Gasteiger partial charge on any atom is -0.483 e. The van der Waals surface area contributed by atoms with E-state index in [1.54, 1.807) is 0 Å². The Bertz CT molecular complexity index is 678. The third-order valence-corrected chi connectivity index (χ3v) is 4.83. The van der Waals surface area contributed by atoms with E-state index in [0.717, 1.165) is 30.5 Å². The first kappa shape index (κ1) is 17.0. The van der Waals surface area contributed by atoms with E-state index >= 15 is 0 Å². The Labute approximate surface area is 150 Å². The van der Waals surface area contributed by atoms with Gasteiger partial charge in [0, 0.05) is 25.7 Å². The summed E-state index contributed by atoms with van der Waals surface area (Å²) in [5.74, 6) is 0.730. The van der Waals surface area contributed by atoms with Gasteiger partial charge in [-0.15, -0.1) is 0 Å². The van der Waals surface area contributed by atoms with Crippen molar-refractivity contribution in [3.05, 3.63) is 64.6 Å². The SMILES string of the molecule is O=C(COc1ccccc1Br)N1CCNC[C@H]1Cc1ccccc1. The van der Waals surface area contributed by atoms with Crippen molar-refractivity contribution in [2.24, 2.45) is 0 Å². The molecule has 0 aromatic heterocycles. The standard InChI is InChI=1S/C19H21BrN2O2/c20-17-8-4-5-9-18(17)24-14-19(23)22-11-10-21-13-16(22)12-15-6-2-1-3-7-15/h1-9,16,21H,10-14H2/t16-/m1/s1. The van der Waals surface area contributed by atoms with Gasteiger partial charge in [0.25, 0.3) is 5.91 Å². The lowest BCUT2D eigenvalue weighted by Gasteiger charge is -2.36. The molecule has 1 aliphatic rings.